The molecule has 1 N–H and O–H groups in total. The van der Waals surface area contributed by atoms with E-state index < -0.39 is 10.0 Å². The highest BCUT2D eigenvalue weighted by Gasteiger charge is 2.28. The van der Waals surface area contributed by atoms with Crippen molar-refractivity contribution < 1.29 is 13.2 Å². The van der Waals surface area contributed by atoms with Crippen molar-refractivity contribution >= 4 is 22.4 Å². The van der Waals surface area contributed by atoms with E-state index in [1.165, 1.54) is 0 Å². The van der Waals surface area contributed by atoms with Gasteiger partial charge in [0.05, 0.1) is 11.0 Å². The van der Waals surface area contributed by atoms with Crippen molar-refractivity contribution in [3.05, 3.63) is 23.8 Å². The molecule has 5 nitrogen and oxygen atoms in total. The van der Waals surface area contributed by atoms with Gasteiger partial charge in [0, 0.05) is 25.7 Å². The van der Waals surface area contributed by atoms with E-state index in [0.717, 1.165) is 11.3 Å². The summed E-state index contributed by atoms with van der Waals surface area (Å²) < 4.78 is 32.6. The lowest BCUT2D eigenvalue weighted by molar-refractivity contribution is 0.240. The van der Waals surface area contributed by atoms with Crippen LogP contribution in [0.2, 0.25) is 0 Å². The summed E-state index contributed by atoms with van der Waals surface area (Å²) in [4.78, 5) is 0.338. The minimum absolute atomic E-state index is 0. The summed E-state index contributed by atoms with van der Waals surface area (Å²) in [6.07, 6.45) is 0.0696. The van der Waals surface area contributed by atoms with Crippen LogP contribution in [0.3, 0.4) is 0 Å². The number of nitrogens with zero attached hydrogens (tertiary/aromatic N) is 1. The van der Waals surface area contributed by atoms with E-state index in [-0.39, 0.29) is 24.6 Å². The molecule has 0 unspecified atom stereocenters. The van der Waals surface area contributed by atoms with Gasteiger partial charge in [0.15, 0.2) is 0 Å². The third kappa shape index (κ3) is 4.35. The molecular formula is C15H25ClN2O3S. The Morgan fingerprint density at radius 3 is 2.59 bits per heavy atom. The number of hydrogen-bond donors (Lipinski definition) is 1. The number of ether oxygens (including phenoxy) is 1. The average Bonchev–Trinajstić information content (AvgIpc) is 2.40. The van der Waals surface area contributed by atoms with Crippen LogP contribution >= 0.6 is 12.4 Å². The molecular weight excluding hydrogens is 324 g/mol. The molecule has 0 saturated carbocycles. The Morgan fingerprint density at radius 2 is 2.05 bits per heavy atom. The molecule has 0 radical (unpaired) electrons. The molecule has 22 heavy (non-hydrogen) atoms. The highest BCUT2D eigenvalue weighted by molar-refractivity contribution is 7.89. The van der Waals surface area contributed by atoms with Crippen LogP contribution < -0.4 is 10.1 Å². The molecule has 0 aliphatic carbocycles. The highest BCUT2D eigenvalue weighted by atomic mass is 35.5. The van der Waals surface area contributed by atoms with Crippen LogP contribution in [0, 0.1) is 6.92 Å². The van der Waals surface area contributed by atoms with Gasteiger partial charge < -0.3 is 10.1 Å². The highest BCUT2D eigenvalue weighted by Crippen LogP contribution is 2.25. The molecule has 2 rings (SSSR count). The van der Waals surface area contributed by atoms with Gasteiger partial charge in [-0.3, -0.25) is 0 Å². The van der Waals surface area contributed by atoms with Gasteiger partial charge in [-0.05, 0) is 51.5 Å². The lowest BCUT2D eigenvalue weighted by Crippen LogP contribution is -2.51. The van der Waals surface area contributed by atoms with Gasteiger partial charge in [-0.2, -0.15) is 4.31 Å². The Bertz CT molecular complexity index is 605. The van der Waals surface area contributed by atoms with Crippen molar-refractivity contribution in [3.63, 3.8) is 0 Å². The maximum absolute atomic E-state index is 12.7. The Kier molecular flexibility index (Phi) is 6.67. The molecule has 0 aromatic heterocycles. The van der Waals surface area contributed by atoms with Gasteiger partial charge in [-0.15, -0.1) is 12.4 Å². The second kappa shape index (κ2) is 7.64. The Balaban J connectivity index is 0.00000242. The fourth-order valence-electron chi connectivity index (χ4n) is 2.43. The second-order valence-corrected chi connectivity index (χ2v) is 7.75. The first-order valence-electron chi connectivity index (χ1n) is 7.31. The normalized spacial score (nSPS) is 19.8. The second-order valence-electron chi connectivity index (χ2n) is 5.81. The molecule has 1 aliphatic rings. The third-order valence-corrected chi connectivity index (χ3v) is 5.34. The fourth-order valence-corrected chi connectivity index (χ4v) is 4.05. The first kappa shape index (κ1) is 19.2. The van der Waals surface area contributed by atoms with E-state index >= 15 is 0 Å². The molecule has 1 aromatic rings. The number of halogens is 1. The topological polar surface area (TPSA) is 58.6 Å². The summed E-state index contributed by atoms with van der Waals surface area (Å²) in [6.45, 7) is 9.47. The van der Waals surface area contributed by atoms with Gasteiger partial charge in [0.25, 0.3) is 0 Å². The summed E-state index contributed by atoms with van der Waals surface area (Å²) in [7, 11) is -3.42. The van der Waals surface area contributed by atoms with E-state index in [1.54, 1.807) is 22.5 Å². The number of hydrogen-bond acceptors (Lipinski definition) is 4. The summed E-state index contributed by atoms with van der Waals surface area (Å²) in [5, 5.41) is 3.25. The summed E-state index contributed by atoms with van der Waals surface area (Å²) in [5.74, 6) is 0.734. The van der Waals surface area contributed by atoms with Crippen molar-refractivity contribution in [1.82, 2.24) is 9.62 Å². The summed E-state index contributed by atoms with van der Waals surface area (Å²) in [6, 6.07) is 5.25. The molecule has 1 aliphatic heterocycles. The number of sulfonamides is 1. The molecule has 7 heteroatoms. The molecule has 1 atom stereocenters. The lowest BCUT2D eigenvalue weighted by Gasteiger charge is -2.31. The third-order valence-electron chi connectivity index (χ3n) is 3.48. The van der Waals surface area contributed by atoms with Gasteiger partial charge in [-0.1, -0.05) is 0 Å². The number of aryl methyl sites for hydroxylation is 1. The molecule has 1 heterocycles. The number of rotatable bonds is 4. The Hall–Kier alpha value is -0.820. The predicted octanol–water partition coefficient (Wildman–Crippen LogP) is 2.19. The SMILES string of the molecule is Cc1cc(S(=O)(=O)N2CCN[C@@H](C)C2)ccc1OC(C)C.Cl. The van der Waals surface area contributed by atoms with Crippen molar-refractivity contribution in [2.45, 2.75) is 44.7 Å². The van der Waals surface area contributed by atoms with Crippen LogP contribution in [0.1, 0.15) is 26.3 Å². The quantitative estimate of drug-likeness (QED) is 0.906. The zero-order valence-electron chi connectivity index (χ0n) is 13.5. The summed E-state index contributed by atoms with van der Waals surface area (Å²) >= 11 is 0. The van der Waals surface area contributed by atoms with E-state index in [4.69, 9.17) is 4.74 Å². The monoisotopic (exact) mass is 348 g/mol. The first-order valence-corrected chi connectivity index (χ1v) is 8.75. The average molecular weight is 349 g/mol. The maximum Gasteiger partial charge on any atom is 0.243 e. The fraction of sp³-hybridized carbons (Fsp3) is 0.600. The minimum Gasteiger partial charge on any atom is -0.491 e. The van der Waals surface area contributed by atoms with Crippen LogP contribution in [-0.2, 0) is 10.0 Å². The molecule has 0 spiro atoms. The smallest absolute Gasteiger partial charge is 0.243 e. The predicted molar refractivity (Wildman–Crippen MR) is 90.4 cm³/mol. The summed E-state index contributed by atoms with van der Waals surface area (Å²) in [5.41, 5.74) is 0.841. The maximum atomic E-state index is 12.7. The van der Waals surface area contributed by atoms with Gasteiger partial charge in [0.1, 0.15) is 5.75 Å². The van der Waals surface area contributed by atoms with Gasteiger partial charge in [-0.25, -0.2) is 8.42 Å². The molecule has 0 amide bonds. The van der Waals surface area contributed by atoms with Gasteiger partial charge in [0.2, 0.25) is 10.0 Å². The van der Waals surface area contributed by atoms with Crippen LogP contribution in [-0.4, -0.2) is 44.5 Å². The van der Waals surface area contributed by atoms with Crippen LogP contribution in [0.5, 0.6) is 5.75 Å². The minimum atomic E-state index is -3.42. The molecule has 1 fully saturated rings. The van der Waals surface area contributed by atoms with Crippen molar-refractivity contribution in [3.8, 4) is 5.75 Å². The molecule has 126 valence electrons. The Morgan fingerprint density at radius 1 is 1.36 bits per heavy atom. The standard InChI is InChI=1S/C15H24N2O3S.ClH/c1-11(2)20-15-6-5-14(9-12(15)3)21(18,19)17-8-7-16-13(4)10-17;/h5-6,9,11,13,16H,7-8,10H2,1-4H3;1H/t13-;/m0./s1. The molecule has 0 bridgehead atoms. The van der Waals surface area contributed by atoms with Crippen LogP contribution in [0.4, 0.5) is 0 Å². The Labute approximate surface area is 139 Å². The first-order chi connectivity index (χ1) is 9.80. The van der Waals surface area contributed by atoms with Crippen molar-refractivity contribution in [1.29, 1.82) is 0 Å². The number of nitrogens with one attached hydrogen (secondary N) is 1. The van der Waals surface area contributed by atoms with Crippen molar-refractivity contribution in [2.24, 2.45) is 0 Å². The van der Waals surface area contributed by atoms with Gasteiger partial charge >= 0.3 is 0 Å². The zero-order chi connectivity index (χ0) is 15.6. The van der Waals surface area contributed by atoms with E-state index in [9.17, 15) is 8.42 Å². The number of piperazine rings is 1. The largest absolute Gasteiger partial charge is 0.491 e. The van der Waals surface area contributed by atoms with E-state index in [1.807, 2.05) is 27.7 Å². The van der Waals surface area contributed by atoms with E-state index in [2.05, 4.69) is 5.32 Å². The number of benzene rings is 1. The van der Waals surface area contributed by atoms with Crippen LogP contribution in [0.25, 0.3) is 0 Å². The van der Waals surface area contributed by atoms with E-state index in [0.29, 0.717) is 24.5 Å². The lowest BCUT2D eigenvalue weighted by atomic mass is 10.2. The van der Waals surface area contributed by atoms with Crippen LogP contribution in [0.15, 0.2) is 23.1 Å². The zero-order valence-corrected chi connectivity index (χ0v) is 15.1. The van der Waals surface area contributed by atoms with Crippen molar-refractivity contribution in [2.75, 3.05) is 19.6 Å². The molecule has 1 saturated heterocycles. The molecule has 1 aromatic carbocycles.